The average molecular weight is 322 g/mol. The number of nitrogens with zero attached hydrogens (tertiary/aromatic N) is 1. The quantitative estimate of drug-likeness (QED) is 0.820. The zero-order valence-electron chi connectivity index (χ0n) is 13.2. The number of aromatic amines is 1. The van der Waals surface area contributed by atoms with Gasteiger partial charge in [-0.15, -0.1) is 0 Å². The van der Waals surface area contributed by atoms with Crippen LogP contribution in [-0.2, 0) is 6.54 Å². The molecule has 0 unspecified atom stereocenters. The highest BCUT2D eigenvalue weighted by Crippen LogP contribution is 2.33. The Labute approximate surface area is 134 Å². The molecule has 120 valence electrons. The van der Waals surface area contributed by atoms with Gasteiger partial charge in [-0.05, 0) is 25.6 Å². The summed E-state index contributed by atoms with van der Waals surface area (Å²) in [5.41, 5.74) is 2.82. The number of thiazole rings is 1. The Bertz CT molecular complexity index is 678. The average Bonchev–Trinajstić information content (AvgIpc) is 2.87. The number of likely N-dealkylation sites (N-methyl/N-ethyl adjacent to an activating group) is 1. The van der Waals surface area contributed by atoms with E-state index in [4.69, 9.17) is 9.84 Å². The van der Waals surface area contributed by atoms with Crippen LogP contribution in [0.4, 0.5) is 0 Å². The summed E-state index contributed by atoms with van der Waals surface area (Å²) in [4.78, 5) is 17.8. The van der Waals surface area contributed by atoms with E-state index in [-0.39, 0.29) is 11.5 Å². The fourth-order valence-corrected chi connectivity index (χ4v) is 3.29. The first kappa shape index (κ1) is 16.7. The Morgan fingerprint density at radius 1 is 1.41 bits per heavy atom. The molecule has 2 rings (SSSR count). The fourth-order valence-electron chi connectivity index (χ4n) is 2.40. The Morgan fingerprint density at radius 2 is 2.18 bits per heavy atom. The first-order chi connectivity index (χ1) is 10.6. The summed E-state index contributed by atoms with van der Waals surface area (Å²) in [6, 6.07) is 5.91. The lowest BCUT2D eigenvalue weighted by atomic mass is 10.1. The van der Waals surface area contributed by atoms with Gasteiger partial charge in [0.15, 0.2) is 0 Å². The molecule has 1 aromatic heterocycles. The molecule has 0 saturated heterocycles. The second kappa shape index (κ2) is 7.58. The molecule has 1 aromatic carbocycles. The van der Waals surface area contributed by atoms with Gasteiger partial charge in [0.25, 0.3) is 0 Å². The number of aliphatic hydroxyl groups excluding tert-OH is 1. The maximum absolute atomic E-state index is 11.9. The molecule has 2 N–H and O–H groups in total. The van der Waals surface area contributed by atoms with Crippen molar-refractivity contribution in [2.45, 2.75) is 20.4 Å². The fraction of sp³-hybridized carbons (Fsp3) is 0.438. The largest absolute Gasteiger partial charge is 0.496 e. The molecule has 0 amide bonds. The highest BCUT2D eigenvalue weighted by atomic mass is 32.1. The van der Waals surface area contributed by atoms with Gasteiger partial charge in [0, 0.05) is 23.5 Å². The van der Waals surface area contributed by atoms with E-state index in [2.05, 4.69) is 9.88 Å². The number of ether oxygens (including phenoxy) is 1. The highest BCUT2D eigenvalue weighted by molar-refractivity contribution is 7.09. The maximum atomic E-state index is 11.9. The molecule has 0 radical (unpaired) electrons. The van der Waals surface area contributed by atoms with Gasteiger partial charge in [0.1, 0.15) is 5.75 Å². The van der Waals surface area contributed by atoms with Crippen molar-refractivity contribution in [1.82, 2.24) is 9.88 Å². The molecule has 22 heavy (non-hydrogen) atoms. The number of rotatable bonds is 7. The van der Waals surface area contributed by atoms with Crippen LogP contribution in [0, 0.1) is 6.92 Å². The van der Waals surface area contributed by atoms with E-state index in [9.17, 15) is 4.79 Å². The van der Waals surface area contributed by atoms with Crippen molar-refractivity contribution in [2.75, 3.05) is 26.8 Å². The highest BCUT2D eigenvalue weighted by Gasteiger charge is 2.16. The number of hydrogen-bond acceptors (Lipinski definition) is 5. The van der Waals surface area contributed by atoms with E-state index in [1.165, 1.54) is 11.3 Å². The smallest absolute Gasteiger partial charge is 0.305 e. The van der Waals surface area contributed by atoms with E-state index in [0.717, 1.165) is 34.0 Å². The monoisotopic (exact) mass is 322 g/mol. The van der Waals surface area contributed by atoms with Crippen LogP contribution in [0.5, 0.6) is 5.75 Å². The van der Waals surface area contributed by atoms with Crippen molar-refractivity contribution in [3.63, 3.8) is 0 Å². The van der Waals surface area contributed by atoms with Crippen LogP contribution in [0.2, 0.25) is 0 Å². The minimum atomic E-state index is -0.0754. The molecule has 0 bridgehead atoms. The lowest BCUT2D eigenvalue weighted by Gasteiger charge is -2.19. The van der Waals surface area contributed by atoms with E-state index < -0.39 is 0 Å². The van der Waals surface area contributed by atoms with Gasteiger partial charge in [0.2, 0.25) is 0 Å². The Hall–Kier alpha value is -1.63. The lowest BCUT2D eigenvalue weighted by Crippen LogP contribution is -2.25. The number of aromatic nitrogens is 1. The van der Waals surface area contributed by atoms with Crippen LogP contribution < -0.4 is 9.61 Å². The molecule has 5 nitrogen and oxygen atoms in total. The Morgan fingerprint density at radius 3 is 2.82 bits per heavy atom. The second-order valence-corrected chi connectivity index (χ2v) is 6.18. The minimum absolute atomic E-state index is 0.0754. The second-order valence-electron chi connectivity index (χ2n) is 5.11. The van der Waals surface area contributed by atoms with Crippen molar-refractivity contribution in [1.29, 1.82) is 0 Å². The zero-order valence-corrected chi connectivity index (χ0v) is 14.0. The number of H-pyrrole nitrogens is 1. The van der Waals surface area contributed by atoms with Gasteiger partial charge in [-0.1, -0.05) is 29.9 Å². The van der Waals surface area contributed by atoms with E-state index >= 15 is 0 Å². The summed E-state index contributed by atoms with van der Waals surface area (Å²) < 4.78 is 5.43. The van der Waals surface area contributed by atoms with Crippen LogP contribution in [0.25, 0.3) is 11.3 Å². The number of aliphatic hydroxyl groups is 1. The standard InChI is InChI=1S/C16H22N2O3S/c1-4-18(7-8-19)10-14-15(17-16(20)22-14)12-9-11(2)5-6-13(12)21-3/h5-6,9,19H,4,7-8,10H2,1-3H3,(H,17,20). The van der Waals surface area contributed by atoms with E-state index in [0.29, 0.717) is 13.1 Å². The number of benzene rings is 1. The van der Waals surface area contributed by atoms with Crippen LogP contribution in [0.1, 0.15) is 17.4 Å². The van der Waals surface area contributed by atoms with Crippen LogP contribution in [-0.4, -0.2) is 41.8 Å². The van der Waals surface area contributed by atoms with Crippen LogP contribution >= 0.6 is 11.3 Å². The van der Waals surface area contributed by atoms with E-state index in [1.807, 2.05) is 32.0 Å². The maximum Gasteiger partial charge on any atom is 0.305 e. The van der Waals surface area contributed by atoms with Crippen molar-refractivity contribution in [2.24, 2.45) is 0 Å². The van der Waals surface area contributed by atoms with Crippen LogP contribution in [0.3, 0.4) is 0 Å². The predicted molar refractivity (Wildman–Crippen MR) is 89.7 cm³/mol. The first-order valence-electron chi connectivity index (χ1n) is 7.29. The molecule has 6 heteroatoms. The van der Waals surface area contributed by atoms with Gasteiger partial charge in [-0.2, -0.15) is 0 Å². The Kier molecular flexibility index (Phi) is 5.76. The molecule has 0 saturated carbocycles. The van der Waals surface area contributed by atoms with Gasteiger partial charge in [-0.3, -0.25) is 9.69 Å². The normalized spacial score (nSPS) is 11.1. The molecule has 0 aliphatic heterocycles. The zero-order chi connectivity index (χ0) is 16.1. The molecule has 0 atom stereocenters. The SMILES string of the molecule is CCN(CCO)Cc1sc(=O)[nH]c1-c1cc(C)ccc1OC. The number of aryl methyl sites for hydroxylation is 1. The van der Waals surface area contributed by atoms with Crippen molar-refractivity contribution >= 4 is 11.3 Å². The van der Waals surface area contributed by atoms with Crippen LogP contribution in [0.15, 0.2) is 23.0 Å². The molecule has 0 aliphatic rings. The third-order valence-electron chi connectivity index (χ3n) is 3.58. The first-order valence-corrected chi connectivity index (χ1v) is 8.10. The summed E-state index contributed by atoms with van der Waals surface area (Å²) in [5.74, 6) is 0.742. The number of nitrogens with one attached hydrogen (secondary N) is 1. The third kappa shape index (κ3) is 3.76. The molecule has 0 spiro atoms. The molecular formula is C16H22N2O3S. The topological polar surface area (TPSA) is 65.6 Å². The van der Waals surface area contributed by atoms with E-state index in [1.54, 1.807) is 7.11 Å². The third-order valence-corrected chi connectivity index (χ3v) is 4.44. The predicted octanol–water partition coefficient (Wildman–Crippen LogP) is 2.23. The lowest BCUT2D eigenvalue weighted by molar-refractivity contribution is 0.198. The number of methoxy groups -OCH3 is 1. The summed E-state index contributed by atoms with van der Waals surface area (Å²) in [6.07, 6.45) is 0. The minimum Gasteiger partial charge on any atom is -0.496 e. The molecule has 0 aliphatic carbocycles. The number of hydrogen-bond donors (Lipinski definition) is 2. The summed E-state index contributed by atoms with van der Waals surface area (Å²) in [5, 5.41) is 9.13. The Balaban J connectivity index is 2.44. The summed E-state index contributed by atoms with van der Waals surface area (Å²) >= 11 is 1.21. The molecule has 0 fully saturated rings. The van der Waals surface area contributed by atoms with Gasteiger partial charge >= 0.3 is 4.87 Å². The van der Waals surface area contributed by atoms with Crippen molar-refractivity contribution in [3.8, 4) is 17.0 Å². The summed E-state index contributed by atoms with van der Waals surface area (Å²) in [6.45, 7) is 6.20. The van der Waals surface area contributed by atoms with Gasteiger partial charge < -0.3 is 14.8 Å². The van der Waals surface area contributed by atoms with Gasteiger partial charge in [-0.25, -0.2) is 0 Å². The van der Waals surface area contributed by atoms with Crippen molar-refractivity contribution < 1.29 is 9.84 Å². The molecule has 1 heterocycles. The van der Waals surface area contributed by atoms with Gasteiger partial charge in [0.05, 0.1) is 19.4 Å². The van der Waals surface area contributed by atoms with Crippen molar-refractivity contribution in [3.05, 3.63) is 38.3 Å². The summed E-state index contributed by atoms with van der Waals surface area (Å²) in [7, 11) is 1.63. The molecular weight excluding hydrogens is 300 g/mol. The molecule has 2 aromatic rings.